The van der Waals surface area contributed by atoms with E-state index >= 15 is 0 Å². The van der Waals surface area contributed by atoms with E-state index in [0.29, 0.717) is 0 Å². The standard InChI is InChI=1S/C12H14O3/c1-15-10-4-2-9(3-5-10)12(6-7-12)8-11(13)14/h2-5H,6-8H2,1H3,(H,13,14). The minimum atomic E-state index is -0.719. The van der Waals surface area contributed by atoms with E-state index in [1.54, 1.807) is 7.11 Å². The van der Waals surface area contributed by atoms with Crippen molar-refractivity contribution in [3.63, 3.8) is 0 Å². The van der Waals surface area contributed by atoms with Gasteiger partial charge in [-0.05, 0) is 30.5 Å². The Labute approximate surface area is 88.7 Å². The van der Waals surface area contributed by atoms with Crippen LogP contribution in [0.1, 0.15) is 24.8 Å². The fourth-order valence-corrected chi connectivity index (χ4v) is 1.95. The maximum atomic E-state index is 10.7. The van der Waals surface area contributed by atoms with Gasteiger partial charge in [-0.2, -0.15) is 0 Å². The molecule has 3 nitrogen and oxygen atoms in total. The maximum absolute atomic E-state index is 10.7. The van der Waals surface area contributed by atoms with Crippen LogP contribution in [0.3, 0.4) is 0 Å². The van der Waals surface area contributed by atoms with Crippen molar-refractivity contribution in [2.24, 2.45) is 0 Å². The molecule has 0 bridgehead atoms. The number of methoxy groups -OCH3 is 1. The molecule has 15 heavy (non-hydrogen) atoms. The highest BCUT2D eigenvalue weighted by Gasteiger charge is 2.45. The van der Waals surface area contributed by atoms with Crippen molar-refractivity contribution in [1.82, 2.24) is 0 Å². The quantitative estimate of drug-likeness (QED) is 0.821. The summed E-state index contributed by atoms with van der Waals surface area (Å²) in [5.41, 5.74) is 1.02. The second kappa shape index (κ2) is 3.57. The molecule has 2 rings (SSSR count). The van der Waals surface area contributed by atoms with Crippen LogP contribution in [0.25, 0.3) is 0 Å². The monoisotopic (exact) mass is 206 g/mol. The molecule has 0 heterocycles. The third kappa shape index (κ3) is 1.96. The zero-order valence-electron chi connectivity index (χ0n) is 8.69. The largest absolute Gasteiger partial charge is 0.497 e. The van der Waals surface area contributed by atoms with Crippen LogP contribution >= 0.6 is 0 Å². The Morgan fingerprint density at radius 3 is 2.40 bits per heavy atom. The van der Waals surface area contributed by atoms with Crippen molar-refractivity contribution in [2.75, 3.05) is 7.11 Å². The zero-order chi connectivity index (χ0) is 10.9. The summed E-state index contributed by atoms with van der Waals surface area (Å²) in [6.07, 6.45) is 2.19. The van der Waals surface area contributed by atoms with Crippen LogP contribution in [0, 0.1) is 0 Å². The van der Waals surface area contributed by atoms with E-state index in [1.807, 2.05) is 24.3 Å². The van der Waals surface area contributed by atoms with Crippen LogP contribution in [0.4, 0.5) is 0 Å². The number of aliphatic carboxylic acids is 1. The third-order valence-electron chi connectivity index (χ3n) is 3.05. The normalized spacial score (nSPS) is 17.1. The molecule has 0 spiro atoms. The summed E-state index contributed by atoms with van der Waals surface area (Å²) in [7, 11) is 1.62. The first kappa shape index (κ1) is 10.0. The number of benzene rings is 1. The lowest BCUT2D eigenvalue weighted by Gasteiger charge is -2.13. The van der Waals surface area contributed by atoms with Crippen molar-refractivity contribution in [2.45, 2.75) is 24.7 Å². The highest BCUT2D eigenvalue weighted by atomic mass is 16.5. The molecular formula is C12H14O3. The molecule has 80 valence electrons. The van der Waals surface area contributed by atoms with Gasteiger partial charge in [0.05, 0.1) is 13.5 Å². The third-order valence-corrected chi connectivity index (χ3v) is 3.05. The van der Waals surface area contributed by atoms with E-state index in [1.165, 1.54) is 0 Å². The van der Waals surface area contributed by atoms with Gasteiger partial charge in [0.1, 0.15) is 5.75 Å². The number of carboxylic acid groups (broad SMARTS) is 1. The van der Waals surface area contributed by atoms with Gasteiger partial charge in [0.15, 0.2) is 0 Å². The van der Waals surface area contributed by atoms with Crippen LogP contribution in [-0.2, 0) is 10.2 Å². The molecule has 0 atom stereocenters. The molecule has 0 radical (unpaired) electrons. The lowest BCUT2D eigenvalue weighted by molar-refractivity contribution is -0.137. The van der Waals surface area contributed by atoms with Crippen molar-refractivity contribution < 1.29 is 14.6 Å². The van der Waals surface area contributed by atoms with Gasteiger partial charge in [-0.1, -0.05) is 12.1 Å². The molecular weight excluding hydrogens is 192 g/mol. The SMILES string of the molecule is COc1ccc(C2(CC(=O)O)CC2)cc1. The van der Waals surface area contributed by atoms with Gasteiger partial charge >= 0.3 is 5.97 Å². The van der Waals surface area contributed by atoms with E-state index in [9.17, 15) is 4.79 Å². The fourth-order valence-electron chi connectivity index (χ4n) is 1.95. The number of carboxylic acids is 1. The minimum absolute atomic E-state index is 0.0991. The summed E-state index contributed by atoms with van der Waals surface area (Å²) in [5.74, 6) is 0.0909. The number of hydrogen-bond donors (Lipinski definition) is 1. The molecule has 1 saturated carbocycles. The topological polar surface area (TPSA) is 46.5 Å². The molecule has 0 unspecified atom stereocenters. The Morgan fingerprint density at radius 2 is 2.00 bits per heavy atom. The maximum Gasteiger partial charge on any atom is 0.304 e. The molecule has 3 heteroatoms. The minimum Gasteiger partial charge on any atom is -0.497 e. The second-order valence-corrected chi connectivity index (χ2v) is 4.08. The van der Waals surface area contributed by atoms with E-state index in [0.717, 1.165) is 24.2 Å². The fraction of sp³-hybridized carbons (Fsp3) is 0.417. The Kier molecular flexibility index (Phi) is 2.39. The van der Waals surface area contributed by atoms with Crippen LogP contribution in [0.15, 0.2) is 24.3 Å². The van der Waals surface area contributed by atoms with E-state index in [4.69, 9.17) is 9.84 Å². The molecule has 1 aromatic rings. The smallest absolute Gasteiger partial charge is 0.304 e. The Hall–Kier alpha value is -1.51. The van der Waals surface area contributed by atoms with E-state index < -0.39 is 5.97 Å². The summed E-state index contributed by atoms with van der Waals surface area (Å²) in [6.45, 7) is 0. The highest BCUT2D eigenvalue weighted by Crippen LogP contribution is 2.51. The summed E-state index contributed by atoms with van der Waals surface area (Å²) in [6, 6.07) is 7.71. The number of rotatable bonds is 4. The first-order valence-electron chi connectivity index (χ1n) is 5.03. The average Bonchev–Trinajstić information content (AvgIpc) is 2.98. The van der Waals surface area contributed by atoms with Crippen molar-refractivity contribution in [3.8, 4) is 5.75 Å². The van der Waals surface area contributed by atoms with Crippen LogP contribution in [0.5, 0.6) is 5.75 Å². The first-order chi connectivity index (χ1) is 7.16. The molecule has 0 aromatic heterocycles. The first-order valence-corrected chi connectivity index (χ1v) is 5.03. The predicted molar refractivity (Wildman–Crippen MR) is 56.2 cm³/mol. The van der Waals surface area contributed by atoms with Crippen molar-refractivity contribution in [3.05, 3.63) is 29.8 Å². The second-order valence-electron chi connectivity index (χ2n) is 4.08. The van der Waals surface area contributed by atoms with Gasteiger partial charge < -0.3 is 9.84 Å². The lowest BCUT2D eigenvalue weighted by Crippen LogP contribution is -2.12. The lowest BCUT2D eigenvalue weighted by atomic mass is 9.92. The molecule has 1 aliphatic carbocycles. The summed E-state index contributed by atoms with van der Waals surface area (Å²) >= 11 is 0. The number of hydrogen-bond acceptors (Lipinski definition) is 2. The van der Waals surface area contributed by atoms with Crippen molar-refractivity contribution in [1.29, 1.82) is 0 Å². The summed E-state index contributed by atoms with van der Waals surface area (Å²) in [4.78, 5) is 10.7. The summed E-state index contributed by atoms with van der Waals surface area (Å²) in [5, 5.41) is 8.83. The van der Waals surface area contributed by atoms with Gasteiger partial charge in [-0.25, -0.2) is 0 Å². The Balaban J connectivity index is 2.18. The average molecular weight is 206 g/mol. The molecule has 1 aromatic carbocycles. The van der Waals surface area contributed by atoms with E-state index in [-0.39, 0.29) is 11.8 Å². The Bertz CT molecular complexity index is 363. The summed E-state index contributed by atoms with van der Waals surface area (Å²) < 4.78 is 5.07. The molecule has 1 fully saturated rings. The van der Waals surface area contributed by atoms with Gasteiger partial charge in [-0.15, -0.1) is 0 Å². The molecule has 0 aliphatic heterocycles. The predicted octanol–water partition coefficient (Wildman–Crippen LogP) is 2.20. The van der Waals surface area contributed by atoms with Gasteiger partial charge in [0.25, 0.3) is 0 Å². The van der Waals surface area contributed by atoms with Crippen LogP contribution in [0.2, 0.25) is 0 Å². The van der Waals surface area contributed by atoms with Crippen LogP contribution < -0.4 is 4.74 Å². The van der Waals surface area contributed by atoms with Gasteiger partial charge in [-0.3, -0.25) is 4.79 Å². The van der Waals surface area contributed by atoms with Crippen LogP contribution in [-0.4, -0.2) is 18.2 Å². The molecule has 1 aliphatic rings. The molecule has 0 saturated heterocycles. The Morgan fingerprint density at radius 1 is 1.40 bits per heavy atom. The van der Waals surface area contributed by atoms with Gasteiger partial charge in [0.2, 0.25) is 0 Å². The highest BCUT2D eigenvalue weighted by molar-refractivity contribution is 5.70. The van der Waals surface area contributed by atoms with Crippen molar-refractivity contribution >= 4 is 5.97 Å². The zero-order valence-corrected chi connectivity index (χ0v) is 8.69. The number of ether oxygens (including phenoxy) is 1. The molecule has 0 amide bonds. The number of carbonyl (C=O) groups is 1. The van der Waals surface area contributed by atoms with E-state index in [2.05, 4.69) is 0 Å². The molecule has 1 N–H and O–H groups in total. The van der Waals surface area contributed by atoms with Gasteiger partial charge in [0, 0.05) is 5.41 Å².